The zero-order valence-corrected chi connectivity index (χ0v) is 8.56. The summed E-state index contributed by atoms with van der Waals surface area (Å²) in [7, 11) is 0. The Labute approximate surface area is 88.3 Å². The normalized spacial score (nSPS) is 18.1. The van der Waals surface area contributed by atoms with E-state index in [-0.39, 0.29) is 0 Å². The van der Waals surface area contributed by atoms with Crippen LogP contribution < -0.4 is 10.6 Å². The van der Waals surface area contributed by atoms with Gasteiger partial charge in [0.15, 0.2) is 0 Å². The number of nitrogens with zero attached hydrogens (tertiary/aromatic N) is 3. The Bertz CT molecular complexity index is 323. The first-order valence-electron chi connectivity index (χ1n) is 5.17. The van der Waals surface area contributed by atoms with Crippen LogP contribution in [0.25, 0.3) is 0 Å². The first-order chi connectivity index (χ1) is 7.29. The van der Waals surface area contributed by atoms with E-state index in [9.17, 15) is 4.39 Å². The summed E-state index contributed by atoms with van der Waals surface area (Å²) < 4.78 is 12.4. The monoisotopic (exact) mass is 210 g/mol. The van der Waals surface area contributed by atoms with Crippen molar-refractivity contribution in [3.8, 4) is 0 Å². The Morgan fingerprint density at radius 2 is 2.13 bits per heavy atom. The highest BCUT2D eigenvalue weighted by atomic mass is 19.1. The predicted molar refractivity (Wildman–Crippen MR) is 56.3 cm³/mol. The molecule has 4 nitrogen and oxygen atoms in total. The molecule has 2 heterocycles. The minimum atomic E-state index is -0.539. The number of halogens is 1. The maximum absolute atomic E-state index is 12.4. The highest BCUT2D eigenvalue weighted by Gasteiger charge is 2.17. The van der Waals surface area contributed by atoms with Crippen LogP contribution in [-0.4, -0.2) is 29.1 Å². The first-order valence-corrected chi connectivity index (χ1v) is 5.17. The summed E-state index contributed by atoms with van der Waals surface area (Å²) in [5, 5.41) is 0. The van der Waals surface area contributed by atoms with Gasteiger partial charge in [-0.05, 0) is 12.8 Å². The Balaban J connectivity index is 2.08. The maximum Gasteiger partial charge on any atom is 0.132 e. The van der Waals surface area contributed by atoms with Crippen LogP contribution in [0.4, 0.5) is 10.2 Å². The fourth-order valence-corrected chi connectivity index (χ4v) is 1.76. The number of hydrogen-bond acceptors (Lipinski definition) is 4. The molecule has 0 aromatic carbocycles. The SMILES string of the molecule is NC1CCN(c2cc(CF)ncn2)CC1. The summed E-state index contributed by atoms with van der Waals surface area (Å²) in [6, 6.07) is 2.00. The van der Waals surface area contributed by atoms with E-state index in [1.807, 2.05) is 0 Å². The molecule has 2 rings (SSSR count). The van der Waals surface area contributed by atoms with Gasteiger partial charge in [0.25, 0.3) is 0 Å². The van der Waals surface area contributed by atoms with Crippen LogP contribution in [-0.2, 0) is 6.67 Å². The lowest BCUT2D eigenvalue weighted by molar-refractivity contribution is 0.473. The number of piperidine rings is 1. The van der Waals surface area contributed by atoms with E-state index in [2.05, 4.69) is 14.9 Å². The van der Waals surface area contributed by atoms with Crippen LogP contribution in [0.2, 0.25) is 0 Å². The van der Waals surface area contributed by atoms with Crippen LogP contribution in [0, 0.1) is 0 Å². The molecule has 0 aliphatic carbocycles. The first kappa shape index (κ1) is 10.3. The average Bonchev–Trinajstić information content (AvgIpc) is 2.30. The van der Waals surface area contributed by atoms with Crippen molar-refractivity contribution in [2.75, 3.05) is 18.0 Å². The number of aromatic nitrogens is 2. The van der Waals surface area contributed by atoms with Crippen molar-refractivity contribution in [2.45, 2.75) is 25.6 Å². The molecule has 0 bridgehead atoms. The molecule has 5 heteroatoms. The van der Waals surface area contributed by atoms with Crippen molar-refractivity contribution in [3.63, 3.8) is 0 Å². The largest absolute Gasteiger partial charge is 0.356 e. The summed E-state index contributed by atoms with van der Waals surface area (Å²) in [4.78, 5) is 10.1. The lowest BCUT2D eigenvalue weighted by Gasteiger charge is -2.30. The molecule has 2 N–H and O–H groups in total. The van der Waals surface area contributed by atoms with Gasteiger partial charge in [0.05, 0.1) is 5.69 Å². The minimum absolute atomic E-state index is 0.295. The fraction of sp³-hybridized carbons (Fsp3) is 0.600. The quantitative estimate of drug-likeness (QED) is 0.787. The molecule has 0 atom stereocenters. The molecule has 15 heavy (non-hydrogen) atoms. The molecule has 0 radical (unpaired) electrons. The molecule has 82 valence electrons. The van der Waals surface area contributed by atoms with Gasteiger partial charge < -0.3 is 10.6 Å². The number of alkyl halides is 1. The van der Waals surface area contributed by atoms with Crippen LogP contribution in [0.5, 0.6) is 0 Å². The number of anilines is 1. The van der Waals surface area contributed by atoms with E-state index in [0.29, 0.717) is 11.7 Å². The van der Waals surface area contributed by atoms with Gasteiger partial charge in [-0.2, -0.15) is 0 Å². The minimum Gasteiger partial charge on any atom is -0.356 e. The third-order valence-corrected chi connectivity index (χ3v) is 2.71. The predicted octanol–water partition coefficient (Wildman–Crippen LogP) is 0.874. The van der Waals surface area contributed by atoms with Gasteiger partial charge in [-0.3, -0.25) is 0 Å². The van der Waals surface area contributed by atoms with Crippen LogP contribution >= 0.6 is 0 Å². The van der Waals surface area contributed by atoms with Crippen molar-refractivity contribution in [1.82, 2.24) is 9.97 Å². The molecule has 0 saturated carbocycles. The number of hydrogen-bond donors (Lipinski definition) is 1. The summed E-state index contributed by atoms with van der Waals surface area (Å²) >= 11 is 0. The molecule has 1 aliphatic heterocycles. The Hall–Kier alpha value is -1.23. The van der Waals surface area contributed by atoms with Gasteiger partial charge in [-0.1, -0.05) is 0 Å². The van der Waals surface area contributed by atoms with Gasteiger partial charge in [0, 0.05) is 25.2 Å². The molecule has 0 amide bonds. The van der Waals surface area contributed by atoms with Crippen molar-refractivity contribution in [1.29, 1.82) is 0 Å². The second-order valence-corrected chi connectivity index (χ2v) is 3.83. The highest BCUT2D eigenvalue weighted by molar-refractivity contribution is 5.39. The van der Waals surface area contributed by atoms with Crippen molar-refractivity contribution >= 4 is 5.82 Å². The van der Waals surface area contributed by atoms with Gasteiger partial charge in [0.1, 0.15) is 18.8 Å². The lowest BCUT2D eigenvalue weighted by atomic mass is 10.1. The molecular weight excluding hydrogens is 195 g/mol. The zero-order chi connectivity index (χ0) is 10.7. The number of rotatable bonds is 2. The maximum atomic E-state index is 12.4. The van der Waals surface area contributed by atoms with E-state index < -0.39 is 6.67 Å². The van der Waals surface area contributed by atoms with Crippen molar-refractivity contribution in [3.05, 3.63) is 18.1 Å². The fourth-order valence-electron chi connectivity index (χ4n) is 1.76. The van der Waals surface area contributed by atoms with E-state index in [1.54, 1.807) is 6.07 Å². The molecule has 0 unspecified atom stereocenters. The van der Waals surface area contributed by atoms with Crippen LogP contribution in [0.1, 0.15) is 18.5 Å². The molecule has 1 aromatic heterocycles. The van der Waals surface area contributed by atoms with E-state index in [1.165, 1.54) is 6.33 Å². The molecule has 1 fully saturated rings. The van der Waals surface area contributed by atoms with Crippen LogP contribution in [0.3, 0.4) is 0 Å². The van der Waals surface area contributed by atoms with Gasteiger partial charge >= 0.3 is 0 Å². The van der Waals surface area contributed by atoms with E-state index >= 15 is 0 Å². The third-order valence-electron chi connectivity index (χ3n) is 2.71. The lowest BCUT2D eigenvalue weighted by Crippen LogP contribution is -2.40. The third kappa shape index (κ3) is 2.41. The Morgan fingerprint density at radius 1 is 1.40 bits per heavy atom. The summed E-state index contributed by atoms with van der Waals surface area (Å²) in [6.07, 6.45) is 3.35. The van der Waals surface area contributed by atoms with Gasteiger partial charge in [0.2, 0.25) is 0 Å². The molecule has 0 spiro atoms. The topological polar surface area (TPSA) is 55.0 Å². The van der Waals surface area contributed by atoms with Crippen molar-refractivity contribution < 1.29 is 4.39 Å². The van der Waals surface area contributed by atoms with E-state index in [0.717, 1.165) is 31.7 Å². The smallest absolute Gasteiger partial charge is 0.132 e. The summed E-state index contributed by atoms with van der Waals surface area (Å²) in [5.74, 6) is 0.810. The molecule has 1 aromatic rings. The van der Waals surface area contributed by atoms with Gasteiger partial charge in [-0.15, -0.1) is 0 Å². The highest BCUT2D eigenvalue weighted by Crippen LogP contribution is 2.17. The molecule has 1 saturated heterocycles. The van der Waals surface area contributed by atoms with Crippen LogP contribution in [0.15, 0.2) is 12.4 Å². The average molecular weight is 210 g/mol. The second-order valence-electron chi connectivity index (χ2n) is 3.83. The van der Waals surface area contributed by atoms with E-state index in [4.69, 9.17) is 5.73 Å². The summed E-state index contributed by atoms with van der Waals surface area (Å²) in [6.45, 7) is 1.25. The molecule has 1 aliphatic rings. The Kier molecular flexibility index (Phi) is 3.11. The summed E-state index contributed by atoms with van der Waals surface area (Å²) in [5.41, 5.74) is 6.25. The standard InChI is InChI=1S/C10H15FN4/c11-6-9-5-10(14-7-13-9)15-3-1-8(12)2-4-15/h5,7-8H,1-4,6,12H2. The van der Waals surface area contributed by atoms with Crippen molar-refractivity contribution in [2.24, 2.45) is 5.73 Å². The van der Waals surface area contributed by atoms with Gasteiger partial charge in [-0.25, -0.2) is 14.4 Å². The number of nitrogens with two attached hydrogens (primary N) is 1. The molecular formula is C10H15FN4. The zero-order valence-electron chi connectivity index (χ0n) is 8.56. The Morgan fingerprint density at radius 3 is 2.80 bits per heavy atom. The second kappa shape index (κ2) is 4.53.